The number of H-pyrrole nitrogens is 3. The Morgan fingerprint density at radius 2 is 1.05 bits per heavy atom. The van der Waals surface area contributed by atoms with Gasteiger partial charge in [-0.1, -0.05) is 88.1 Å². The van der Waals surface area contributed by atoms with E-state index in [-0.39, 0.29) is 96.7 Å². The molecule has 9 rings (SSSR count). The molecule has 6 heterocycles. The second-order valence-corrected chi connectivity index (χ2v) is 35.7. The molecule has 17 amide bonds. The molecule has 744 valence electrons. The van der Waals surface area contributed by atoms with E-state index in [1.807, 2.05) is 13.8 Å². The number of nitrogens with zero attached hydrogens (tertiary/aromatic N) is 6. The molecule has 44 nitrogen and oxygen atoms in total. The number of aliphatic carboxylic acids is 1. The van der Waals surface area contributed by atoms with Crippen molar-refractivity contribution in [2.45, 2.75) is 240 Å². The molecule has 137 heavy (non-hydrogen) atoms. The molecule has 0 bridgehead atoms. The Labute approximate surface area is 796 Å². The quantitative estimate of drug-likeness (QED) is 0.0214. The van der Waals surface area contributed by atoms with Crippen molar-refractivity contribution in [2.24, 2.45) is 22.9 Å². The average Bonchev–Trinajstić information content (AvgIpc) is 1.79. The number of carbonyl (C=O) groups is 18. The van der Waals surface area contributed by atoms with Crippen molar-refractivity contribution in [3.63, 3.8) is 0 Å². The third-order valence-electron chi connectivity index (χ3n) is 24.7. The van der Waals surface area contributed by atoms with Gasteiger partial charge in [0.25, 0.3) is 0 Å². The number of carboxylic acid groups (broad SMARTS) is 1. The zero-order chi connectivity index (χ0) is 99.9. The van der Waals surface area contributed by atoms with Crippen LogP contribution in [0.5, 0.6) is 5.75 Å². The van der Waals surface area contributed by atoms with Crippen LogP contribution in [-0.2, 0) is 112 Å². The van der Waals surface area contributed by atoms with E-state index in [9.17, 15) is 58.2 Å². The van der Waals surface area contributed by atoms with Crippen molar-refractivity contribution >= 4 is 140 Å². The number of hydrogen-bond acceptors (Lipinski definition) is 24. The number of benzene rings is 3. The number of unbranched alkanes of at least 4 members (excludes halogenated alkanes) is 3. The van der Waals surface area contributed by atoms with Gasteiger partial charge < -0.3 is 131 Å². The molecule has 0 saturated carbocycles. The molecule has 0 aliphatic carbocycles. The maximum atomic E-state index is 15.8. The third-order valence-corrected chi connectivity index (χ3v) is 25.7. The van der Waals surface area contributed by atoms with E-state index in [2.05, 4.69) is 73.1 Å². The normalized spacial score (nSPS) is 24.5. The number of amides is 17. The number of aliphatic hydroxyl groups is 1. The number of aromatic nitrogens is 4. The molecule has 6 aromatic rings. The van der Waals surface area contributed by atoms with Gasteiger partial charge in [-0.25, -0.2) is 4.98 Å². The number of carboxylic acids is 1. The van der Waals surface area contributed by atoms with Crippen molar-refractivity contribution < 1.29 is 101 Å². The zero-order valence-corrected chi connectivity index (χ0v) is 78.9. The number of rotatable bonds is 29. The third kappa shape index (κ3) is 30.0. The number of thioether (sulfide) groups is 1. The molecule has 23 N–H and O–H groups in total. The van der Waals surface area contributed by atoms with Gasteiger partial charge >= 0.3 is 5.97 Å². The maximum Gasteiger partial charge on any atom is 0.305 e. The highest BCUT2D eigenvalue weighted by molar-refractivity contribution is 8.00. The Balaban J connectivity index is 1.11. The fraction of sp³-hybridized carbons (Fsp3) is 0.533. The number of nitrogens with two attached hydrogens (primary N) is 4. The molecule has 3 aromatic heterocycles. The van der Waals surface area contributed by atoms with E-state index in [0.717, 1.165) is 36.3 Å². The highest BCUT2D eigenvalue weighted by atomic mass is 32.2. The van der Waals surface area contributed by atoms with Crippen molar-refractivity contribution in [2.75, 3.05) is 72.5 Å². The summed E-state index contributed by atoms with van der Waals surface area (Å²) in [6.07, 6.45) is 2.82. The monoisotopic (exact) mass is 1920 g/mol. The number of fused-ring (bicyclic) bond motifs is 4. The minimum Gasteiger partial charge on any atom is -0.497 e. The molecule has 3 fully saturated rings. The Hall–Kier alpha value is -13.6. The van der Waals surface area contributed by atoms with E-state index in [1.165, 1.54) is 47.7 Å². The largest absolute Gasteiger partial charge is 0.497 e. The number of imidazole rings is 1. The number of likely N-dealkylation sites (N-methyl/N-ethyl adjacent to an activating group) is 3. The first kappa shape index (κ1) is 107. The zero-order valence-electron chi connectivity index (χ0n) is 78.0. The second kappa shape index (κ2) is 51.9. The number of primary amides is 2. The summed E-state index contributed by atoms with van der Waals surface area (Å²) in [6.45, 7) is 3.74. The van der Waals surface area contributed by atoms with Gasteiger partial charge in [0.15, 0.2) is 0 Å². The molecule has 0 radical (unpaired) electrons. The van der Waals surface area contributed by atoms with Crippen LogP contribution < -0.4 is 80.8 Å². The van der Waals surface area contributed by atoms with Crippen LogP contribution in [0.1, 0.15) is 146 Å². The molecule has 0 spiro atoms. The fourth-order valence-electron chi connectivity index (χ4n) is 17.0. The van der Waals surface area contributed by atoms with Crippen LogP contribution in [0.4, 0.5) is 0 Å². The van der Waals surface area contributed by atoms with Crippen LogP contribution in [0, 0.1) is 0 Å². The van der Waals surface area contributed by atoms with Crippen molar-refractivity contribution in [1.29, 1.82) is 0 Å². The summed E-state index contributed by atoms with van der Waals surface area (Å²) in [4.78, 5) is 283. The summed E-state index contributed by atoms with van der Waals surface area (Å²) in [5, 5.41) is 49.7. The van der Waals surface area contributed by atoms with E-state index >= 15 is 38.4 Å². The summed E-state index contributed by atoms with van der Waals surface area (Å²) in [5.41, 5.74) is 26.1. The predicted octanol–water partition coefficient (Wildman–Crippen LogP) is -2.58. The number of ether oxygens (including phenoxy) is 1. The first-order chi connectivity index (χ1) is 65.5. The molecular weight excluding hydrogens is 1800 g/mol. The SMILES string of the molecule is CCCC[C@H]1C(=O)N(C)[C@@H](CCCC)C(=O)N[C@@H](CCCN)C(=O)N[C@H](C(=O)NCC(N)=O)CSCC(=O)N[C@@H](Cc2ccc(OC)cc2)C(=O)N(C)[C@@H](C)C(=O)N[C@@H](CC(N)=O)C(=O)N2CCC[C@H]2C(=O)N[C@@H](Cc2cnc[nH]2)C(=O)N[C@@H](CCCCN)C(=O)N2C[C@H](O)C[C@H]2C(=O)N[C@@H](Cc2c[nH]c3ccccc23)C(=O)N[C@@H](CC(=O)O)C(=O)N[C@@H](Cc2c[nH]c3ccccc23)C(=O)N1C. The Bertz CT molecular complexity index is 5250. The topological polar surface area (TPSA) is 658 Å². The minimum absolute atomic E-state index is 0.00755. The van der Waals surface area contributed by atoms with Gasteiger partial charge in [0, 0.05) is 118 Å². The van der Waals surface area contributed by atoms with Crippen LogP contribution in [-0.4, -0.2) is 324 Å². The lowest BCUT2D eigenvalue weighted by atomic mass is 9.99. The number of methoxy groups -OCH3 is 1. The Kier molecular flexibility index (Phi) is 40.6. The van der Waals surface area contributed by atoms with Gasteiger partial charge in [0.2, 0.25) is 100 Å². The van der Waals surface area contributed by atoms with Gasteiger partial charge in [-0.2, -0.15) is 0 Å². The highest BCUT2D eigenvalue weighted by Crippen LogP contribution is 2.28. The Morgan fingerprint density at radius 1 is 0.518 bits per heavy atom. The summed E-state index contributed by atoms with van der Waals surface area (Å²) >= 11 is 0.788. The van der Waals surface area contributed by atoms with Crippen LogP contribution in [0.25, 0.3) is 21.8 Å². The Morgan fingerprint density at radius 3 is 1.65 bits per heavy atom. The summed E-state index contributed by atoms with van der Waals surface area (Å²) in [7, 11) is 5.33. The van der Waals surface area contributed by atoms with Crippen LogP contribution >= 0.6 is 11.8 Å². The number of carbonyl (C=O) groups excluding carboxylic acids is 17. The van der Waals surface area contributed by atoms with Crippen LogP contribution in [0.15, 0.2) is 97.7 Å². The predicted molar refractivity (Wildman–Crippen MR) is 502 cm³/mol. The van der Waals surface area contributed by atoms with Crippen LogP contribution in [0.2, 0.25) is 0 Å². The lowest BCUT2D eigenvalue weighted by Gasteiger charge is -2.36. The maximum absolute atomic E-state index is 15.8. The summed E-state index contributed by atoms with van der Waals surface area (Å²) < 4.78 is 5.35. The number of hydrogen-bond donors (Lipinski definition) is 19. The molecule has 3 aliphatic rings. The van der Waals surface area contributed by atoms with Crippen molar-refractivity contribution in [3.8, 4) is 5.75 Å². The standard InChI is InChI=1S/C92H129N23O21S/c1-8-10-26-71-85(128)103-62(25-18-34-94)81(124)110-70(80(123)100-46-76(96)118)48-137-49-77(119)102-67(36-52-29-31-57(136-7)32-30-52)88(131)111(4)51(3)79(122)108-69(41-75(95)117)91(134)114-35-19-28-72(114)86(129)107-65(39-55-45-97-50-101-55)83(126)104-63(24-16-17-33-93)90(133)115-47-56(116)40-74(115)87(130)106-64(37-53-43-98-60-22-14-12-20-58(53)60)82(125)105-66(42-78(120)121)84(127)109-68(38-54-44-99-61-23-15-13-21-59(54)61)89(132)113(6)73(27-11-9-2)92(135)112(71)5/h12-15,20-23,29-32,43-45,50-51,56,62-74,98-99,116H,8-11,16-19,24-28,33-42,46-49,93-94H2,1-7H3,(H2,95,117)(H2,96,118)(H,97,101)(H,100,123)(H,102,119)(H,103,128)(H,104,126)(H,105,125)(H,106,130)(H,107,129)(H,108,122)(H,109,127)(H,110,124)(H,120,121)/t51-,56+,62-,63-,64-,65-,66-,67-,68-,69-,70-,71-,72-,73-,74-/m0/s1. The molecular formula is C92H129N23O21S. The lowest BCUT2D eigenvalue weighted by Crippen LogP contribution is -2.61. The van der Waals surface area contributed by atoms with Gasteiger partial charge in [0.1, 0.15) is 90.3 Å². The lowest BCUT2D eigenvalue weighted by molar-refractivity contribution is -0.149. The van der Waals surface area contributed by atoms with Gasteiger partial charge in [0.05, 0.1) is 44.7 Å². The highest BCUT2D eigenvalue weighted by Gasteiger charge is 2.47. The van der Waals surface area contributed by atoms with E-state index in [4.69, 9.17) is 27.7 Å². The molecule has 0 unspecified atom stereocenters. The van der Waals surface area contributed by atoms with Gasteiger partial charge in [-0.15, -0.1) is 11.8 Å². The van der Waals surface area contributed by atoms with Crippen LogP contribution in [0.3, 0.4) is 0 Å². The number of aliphatic hydroxyl groups excluding tert-OH is 1. The van der Waals surface area contributed by atoms with Crippen molar-refractivity contribution in [3.05, 3.63) is 120 Å². The smallest absolute Gasteiger partial charge is 0.305 e. The molecule has 15 atom stereocenters. The molecule has 45 heteroatoms. The number of aromatic amines is 3. The first-order valence-corrected chi connectivity index (χ1v) is 47.2. The van der Waals surface area contributed by atoms with Crippen molar-refractivity contribution in [1.82, 2.24) is 97.6 Å². The summed E-state index contributed by atoms with van der Waals surface area (Å²) in [6, 6.07) is -1.89. The first-order valence-electron chi connectivity index (χ1n) is 46.0. The van der Waals surface area contributed by atoms with E-state index in [0.29, 0.717) is 82.0 Å². The van der Waals surface area contributed by atoms with Gasteiger partial charge in [-0.05, 0) is 119 Å². The van der Waals surface area contributed by atoms with Gasteiger partial charge in [-0.3, -0.25) is 86.3 Å². The number of para-hydroxylation sites is 2. The van der Waals surface area contributed by atoms with E-state index in [1.54, 1.807) is 85.2 Å². The molecule has 3 aromatic carbocycles. The number of nitrogens with one attached hydrogen (secondary N) is 13. The average molecular weight is 1930 g/mol. The van der Waals surface area contributed by atoms with E-state index < -0.39 is 241 Å². The second-order valence-electron chi connectivity index (χ2n) is 34.7. The molecule has 3 saturated heterocycles. The molecule has 3 aliphatic heterocycles. The fourth-order valence-corrected chi connectivity index (χ4v) is 17.8. The summed E-state index contributed by atoms with van der Waals surface area (Å²) in [5.74, 6) is -18.4. The minimum atomic E-state index is -2.05.